The first-order chi connectivity index (χ1) is 39.5. The molecule has 5 aliphatic rings. The maximum atomic E-state index is 14.4. The summed E-state index contributed by atoms with van der Waals surface area (Å²) in [5.41, 5.74) is 3.19. The molecule has 0 unspecified atom stereocenters. The predicted molar refractivity (Wildman–Crippen MR) is 323 cm³/mol. The lowest BCUT2D eigenvalue weighted by atomic mass is 9.75. The molecule has 464 valence electrons. The molecular weight excluding hydrogens is 1250 g/mol. The first-order valence-electron chi connectivity index (χ1n) is 27.6. The van der Waals surface area contributed by atoms with Gasteiger partial charge >= 0.3 is 0 Å². The van der Waals surface area contributed by atoms with Crippen molar-refractivity contribution in [1.29, 1.82) is 0 Å². The summed E-state index contributed by atoms with van der Waals surface area (Å²) in [7, 11) is 9.02. The Morgan fingerprint density at radius 2 is 1.59 bits per heavy atom. The van der Waals surface area contributed by atoms with Crippen molar-refractivity contribution in [3.8, 4) is 40.9 Å². The second kappa shape index (κ2) is 32.1. The lowest BCUT2D eigenvalue weighted by Crippen LogP contribution is -2.65. The third kappa shape index (κ3) is 17.0. The summed E-state index contributed by atoms with van der Waals surface area (Å²) < 4.78 is 67.9. The molecule has 7 N–H and O–H groups in total. The van der Waals surface area contributed by atoms with Gasteiger partial charge < -0.3 is 83.0 Å². The highest BCUT2D eigenvalue weighted by atomic mass is 127. The van der Waals surface area contributed by atoms with Crippen LogP contribution >= 0.6 is 55.9 Å². The normalized spacial score (nSPS) is 35.0. The summed E-state index contributed by atoms with van der Waals surface area (Å²) >= 11 is 2.86. The highest BCUT2D eigenvalue weighted by Crippen LogP contribution is 2.49. The van der Waals surface area contributed by atoms with Gasteiger partial charge in [-0.15, -0.1) is 5.92 Å². The largest absolute Gasteiger partial charge is 0.492 e. The summed E-state index contributed by atoms with van der Waals surface area (Å²) in [6, 6.07) is -1.15. The SMILES string of the molecule is CC#C/C=C\C#C[C@H](O[C@@H]1O[C@H](C)[C@@H](NO[C@H]2C[C@H](O)[C@H](SC(=O)c3c(C)c(I)c(O[C@@H]4O[C@@H](C)[C@H](O)[C@@H](OC)[C@H]4O)c(OC)c3OC)[C@@H](C)O2)[C@H](O)[C@H]1O[C@H]1C[C@H](OC)[C@@H](NCC)CO1)C1=C(C)C(=O)C[C@](C)(O)/C1=C/CSSC(C)C. The van der Waals surface area contributed by atoms with Gasteiger partial charge in [-0.25, -0.2) is 0 Å². The van der Waals surface area contributed by atoms with Gasteiger partial charge in [-0.1, -0.05) is 78.0 Å². The number of thioether (sulfide) groups is 1. The van der Waals surface area contributed by atoms with Crippen molar-refractivity contribution in [2.45, 2.75) is 209 Å². The van der Waals surface area contributed by atoms with E-state index in [9.17, 15) is 35.1 Å². The molecule has 0 bridgehead atoms. The van der Waals surface area contributed by atoms with E-state index in [1.807, 2.05) is 35.6 Å². The minimum atomic E-state index is -1.57. The van der Waals surface area contributed by atoms with E-state index in [0.29, 0.717) is 43.4 Å². The number of hydroxylamine groups is 1. The standard InChI is InChI=1S/C58H83IN2O19S3/c1-15-17-18-19-20-21-38(42-29(5)37(63)26-58(10,68)34(42)22-23-81-83-28(3)4)77-57-52(78-40-25-39(69-11)35(27-73-40)60-16-2)47(65)45(31(7)75-57)61-80-41-24-36(62)54(33(9)74-41)82-55(67)43-30(6)44(59)50(53(72-14)49(43)70-12)79-56-48(66)51(71-13)46(64)32(8)76-56/h18-19,22,28,31-33,35-36,38-41,45-48,51-52,54,56-57,60-62,64-66,68H,16,23-27H2,1-14H3/b19-18-,34-22+/t31-,32+,33-,35+,36+,38+,39+,40+,41+,45-,46+,47+,48-,51-,52-,54-,56+,57+,58+/m1/s1. The molecule has 4 aliphatic heterocycles. The smallest absolute Gasteiger partial charge is 0.229 e. The van der Waals surface area contributed by atoms with Crippen molar-refractivity contribution in [3.05, 3.63) is 49.6 Å². The summed E-state index contributed by atoms with van der Waals surface area (Å²) in [4.78, 5) is 34.3. The number of likely N-dealkylation sites (N-methyl/N-ethyl adjacent to an activating group) is 1. The molecule has 4 heterocycles. The second-order valence-electron chi connectivity index (χ2n) is 21.2. The molecule has 19 atom stereocenters. The summed E-state index contributed by atoms with van der Waals surface area (Å²) in [5, 5.41) is 60.3. The number of ether oxygens (including phenoxy) is 11. The molecule has 1 aliphatic carbocycles. The minimum absolute atomic E-state index is 0.0442. The van der Waals surface area contributed by atoms with Gasteiger partial charge in [0.1, 0.15) is 36.6 Å². The van der Waals surface area contributed by atoms with Crippen LogP contribution in [0.25, 0.3) is 0 Å². The Labute approximate surface area is 513 Å². The number of benzene rings is 1. The molecule has 0 amide bonds. The number of carbonyl (C=O) groups excluding carboxylic acids is 2. The number of Topliss-reactive ketones (excluding diaryl/α,β-unsaturated/α-hetero) is 1. The lowest BCUT2D eigenvalue weighted by molar-refractivity contribution is -0.336. The van der Waals surface area contributed by atoms with Gasteiger partial charge in [-0.05, 0) is 106 Å². The van der Waals surface area contributed by atoms with Gasteiger partial charge in [0, 0.05) is 50.1 Å². The van der Waals surface area contributed by atoms with E-state index in [-0.39, 0.29) is 66.6 Å². The third-order valence-corrected chi connectivity index (χ3v) is 20.3. The number of nitrogens with one attached hydrogen (secondary N) is 2. The van der Waals surface area contributed by atoms with Crippen LogP contribution in [0, 0.1) is 34.2 Å². The van der Waals surface area contributed by atoms with Crippen molar-refractivity contribution < 1.29 is 92.1 Å². The first-order valence-corrected chi connectivity index (χ1v) is 32.0. The molecule has 83 heavy (non-hydrogen) atoms. The predicted octanol–water partition coefficient (Wildman–Crippen LogP) is 5.06. The van der Waals surface area contributed by atoms with E-state index >= 15 is 0 Å². The molecule has 0 aromatic heterocycles. The Balaban J connectivity index is 1.23. The number of aliphatic hydroxyl groups is 5. The molecule has 0 spiro atoms. The van der Waals surface area contributed by atoms with Crippen LogP contribution in [0.3, 0.4) is 0 Å². The number of halogens is 1. The summed E-state index contributed by atoms with van der Waals surface area (Å²) in [5.74, 6) is 12.2. The van der Waals surface area contributed by atoms with Crippen molar-refractivity contribution in [1.82, 2.24) is 10.8 Å². The number of rotatable bonds is 22. The number of aliphatic hydroxyl groups excluding tert-OH is 4. The van der Waals surface area contributed by atoms with Crippen LogP contribution in [0.1, 0.15) is 97.5 Å². The van der Waals surface area contributed by atoms with E-state index in [2.05, 4.69) is 48.3 Å². The molecule has 1 aromatic rings. The zero-order chi connectivity index (χ0) is 61.0. The summed E-state index contributed by atoms with van der Waals surface area (Å²) in [6.07, 6.45) is -10.9. The van der Waals surface area contributed by atoms with Gasteiger partial charge in [0.15, 0.2) is 36.2 Å². The minimum Gasteiger partial charge on any atom is -0.492 e. The molecule has 0 saturated carbocycles. The van der Waals surface area contributed by atoms with E-state index in [0.717, 1.165) is 11.8 Å². The van der Waals surface area contributed by atoms with Crippen molar-refractivity contribution in [2.24, 2.45) is 0 Å². The third-order valence-electron chi connectivity index (χ3n) is 14.9. The molecule has 4 fully saturated rings. The molecular formula is C58H83IN2O19S3. The Kier molecular flexibility index (Phi) is 26.9. The quantitative estimate of drug-likeness (QED) is 0.0263. The van der Waals surface area contributed by atoms with Gasteiger partial charge in [0.05, 0.1) is 83.4 Å². The molecule has 6 rings (SSSR count). The second-order valence-corrected chi connectivity index (χ2v) is 26.4. The average molecular weight is 1340 g/mol. The van der Waals surface area contributed by atoms with Crippen molar-refractivity contribution in [2.75, 3.05) is 47.3 Å². The van der Waals surface area contributed by atoms with Crippen molar-refractivity contribution in [3.63, 3.8) is 0 Å². The van der Waals surface area contributed by atoms with Crippen molar-refractivity contribution >= 4 is 66.8 Å². The highest BCUT2D eigenvalue weighted by Gasteiger charge is 2.51. The van der Waals surface area contributed by atoms with Crippen LogP contribution in [0.5, 0.6) is 17.2 Å². The molecule has 4 saturated heterocycles. The van der Waals surface area contributed by atoms with Crippen LogP contribution in [0.4, 0.5) is 0 Å². The Morgan fingerprint density at radius 1 is 0.892 bits per heavy atom. The fraction of sp³-hybridized carbons (Fsp3) is 0.690. The fourth-order valence-electron chi connectivity index (χ4n) is 10.5. The number of hydrogen-bond acceptors (Lipinski definition) is 24. The van der Waals surface area contributed by atoms with Gasteiger partial charge in [0.2, 0.25) is 17.2 Å². The average Bonchev–Trinajstić information content (AvgIpc) is 3.56. The van der Waals surface area contributed by atoms with Crippen LogP contribution in [0.15, 0.2) is 34.9 Å². The Bertz CT molecular complexity index is 2590. The zero-order valence-corrected chi connectivity index (χ0v) is 54.1. The van der Waals surface area contributed by atoms with Crippen LogP contribution in [-0.2, 0) is 47.5 Å². The highest BCUT2D eigenvalue weighted by molar-refractivity contribution is 14.1. The van der Waals surface area contributed by atoms with E-state index in [1.54, 1.807) is 89.3 Å². The molecule has 1 aromatic carbocycles. The Hall–Kier alpha value is -2.56. The van der Waals surface area contributed by atoms with E-state index in [4.69, 9.17) is 56.9 Å². The molecule has 21 nitrogen and oxygen atoms in total. The number of ketones is 1. The van der Waals surface area contributed by atoms with E-state index < -0.39 is 108 Å². The number of allylic oxidation sites excluding steroid dienone is 3. The number of methoxy groups -OCH3 is 4. The fourth-order valence-corrected chi connectivity index (χ4v) is 14.1. The van der Waals surface area contributed by atoms with Crippen LogP contribution < -0.4 is 25.0 Å². The van der Waals surface area contributed by atoms with Crippen LogP contribution in [0.2, 0.25) is 0 Å². The van der Waals surface area contributed by atoms with Gasteiger partial charge in [-0.3, -0.25) is 14.4 Å². The number of carbonyl (C=O) groups is 2. The maximum Gasteiger partial charge on any atom is 0.229 e. The topological polar surface area (TPSA) is 270 Å². The summed E-state index contributed by atoms with van der Waals surface area (Å²) in [6.45, 7) is 18.8. The van der Waals surface area contributed by atoms with Gasteiger partial charge in [-0.2, -0.15) is 5.48 Å². The van der Waals surface area contributed by atoms with Crippen LogP contribution in [-0.4, -0.2) is 204 Å². The molecule has 0 radical (unpaired) electrons. The molecule has 25 heteroatoms. The monoisotopic (exact) mass is 1330 g/mol. The zero-order valence-electron chi connectivity index (χ0n) is 49.5. The lowest BCUT2D eigenvalue weighted by Gasteiger charge is -2.46. The Morgan fingerprint density at radius 3 is 2.23 bits per heavy atom. The van der Waals surface area contributed by atoms with E-state index in [1.165, 1.54) is 21.3 Å². The number of hydrogen-bond donors (Lipinski definition) is 7. The van der Waals surface area contributed by atoms with Gasteiger partial charge in [0.25, 0.3) is 0 Å². The maximum absolute atomic E-state index is 14.4. The first kappa shape index (κ1) is 69.5.